The predicted molar refractivity (Wildman–Crippen MR) is 66.5 cm³/mol. The molecule has 2 aromatic rings. The highest BCUT2D eigenvalue weighted by molar-refractivity contribution is 7.15. The van der Waals surface area contributed by atoms with Crippen LogP contribution in [0.3, 0.4) is 0 Å². The van der Waals surface area contributed by atoms with Crippen molar-refractivity contribution in [2.24, 2.45) is 0 Å². The molecule has 0 spiro atoms. The van der Waals surface area contributed by atoms with Crippen molar-refractivity contribution in [1.29, 1.82) is 5.26 Å². The molecule has 0 aliphatic rings. The zero-order chi connectivity index (χ0) is 11.7. The lowest BCUT2D eigenvalue weighted by molar-refractivity contribution is 1.25. The molecule has 0 bridgehead atoms. The molecule has 0 saturated carbocycles. The van der Waals surface area contributed by atoms with Gasteiger partial charge in [0.15, 0.2) is 0 Å². The van der Waals surface area contributed by atoms with Crippen molar-refractivity contribution >= 4 is 11.3 Å². The molecule has 1 aromatic carbocycles. The molecule has 80 valence electrons. The van der Waals surface area contributed by atoms with E-state index in [-0.39, 0.29) is 0 Å². The van der Waals surface area contributed by atoms with E-state index in [9.17, 15) is 0 Å². The van der Waals surface area contributed by atoms with Crippen LogP contribution in [0.5, 0.6) is 0 Å². The SMILES string of the molecule is Cc1ccc(-c2nc(C)c(C#N)s2)cc1C. The molecular formula is C13H12N2S. The van der Waals surface area contributed by atoms with Crippen molar-refractivity contribution < 1.29 is 0 Å². The summed E-state index contributed by atoms with van der Waals surface area (Å²) in [6.45, 7) is 6.05. The first-order valence-corrected chi connectivity index (χ1v) is 5.88. The third-order valence-corrected chi connectivity index (χ3v) is 3.76. The summed E-state index contributed by atoms with van der Waals surface area (Å²) in [7, 11) is 0. The van der Waals surface area contributed by atoms with Crippen molar-refractivity contribution in [2.45, 2.75) is 20.8 Å². The minimum absolute atomic E-state index is 0.702. The molecule has 0 radical (unpaired) electrons. The smallest absolute Gasteiger partial charge is 0.128 e. The van der Waals surface area contributed by atoms with Gasteiger partial charge >= 0.3 is 0 Å². The van der Waals surface area contributed by atoms with E-state index >= 15 is 0 Å². The van der Waals surface area contributed by atoms with Crippen LogP contribution in [0.1, 0.15) is 21.7 Å². The lowest BCUT2D eigenvalue weighted by atomic mass is 10.1. The molecule has 2 nitrogen and oxygen atoms in total. The van der Waals surface area contributed by atoms with E-state index < -0.39 is 0 Å². The fourth-order valence-electron chi connectivity index (χ4n) is 1.50. The second-order valence-electron chi connectivity index (χ2n) is 3.84. The molecule has 0 aliphatic heterocycles. The van der Waals surface area contributed by atoms with Gasteiger partial charge in [-0.05, 0) is 38.0 Å². The lowest BCUT2D eigenvalue weighted by Crippen LogP contribution is -1.83. The fraction of sp³-hybridized carbons (Fsp3) is 0.231. The summed E-state index contributed by atoms with van der Waals surface area (Å²) >= 11 is 1.45. The first-order valence-electron chi connectivity index (χ1n) is 5.07. The van der Waals surface area contributed by atoms with Gasteiger partial charge in [0.05, 0.1) is 5.69 Å². The maximum absolute atomic E-state index is 8.90. The highest BCUT2D eigenvalue weighted by atomic mass is 32.1. The van der Waals surface area contributed by atoms with Crippen LogP contribution in [-0.2, 0) is 0 Å². The Balaban J connectivity index is 2.51. The van der Waals surface area contributed by atoms with Crippen LogP contribution in [0, 0.1) is 32.1 Å². The monoisotopic (exact) mass is 228 g/mol. The summed E-state index contributed by atoms with van der Waals surface area (Å²) in [6, 6.07) is 8.44. The van der Waals surface area contributed by atoms with Gasteiger partial charge in [0.25, 0.3) is 0 Å². The van der Waals surface area contributed by atoms with Crippen molar-refractivity contribution in [3.05, 3.63) is 39.9 Å². The van der Waals surface area contributed by atoms with Crippen molar-refractivity contribution in [3.8, 4) is 16.6 Å². The zero-order valence-corrected chi connectivity index (χ0v) is 10.4. The fourth-order valence-corrected chi connectivity index (χ4v) is 2.36. The summed E-state index contributed by atoms with van der Waals surface area (Å²) in [5, 5.41) is 9.83. The number of nitriles is 1. The lowest BCUT2D eigenvalue weighted by Gasteiger charge is -2.01. The number of rotatable bonds is 1. The van der Waals surface area contributed by atoms with E-state index in [1.165, 1.54) is 22.5 Å². The number of hydrogen-bond acceptors (Lipinski definition) is 3. The van der Waals surface area contributed by atoms with Crippen LogP contribution in [0.2, 0.25) is 0 Å². The normalized spacial score (nSPS) is 10.1. The minimum atomic E-state index is 0.702. The Morgan fingerprint density at radius 3 is 2.50 bits per heavy atom. The highest BCUT2D eigenvalue weighted by Gasteiger charge is 2.09. The Hall–Kier alpha value is -1.66. The van der Waals surface area contributed by atoms with Crippen LogP contribution >= 0.6 is 11.3 Å². The van der Waals surface area contributed by atoms with Crippen LogP contribution in [0.25, 0.3) is 10.6 Å². The van der Waals surface area contributed by atoms with Gasteiger partial charge in [-0.1, -0.05) is 12.1 Å². The number of thiazole rings is 1. The Morgan fingerprint density at radius 1 is 1.19 bits per heavy atom. The van der Waals surface area contributed by atoms with Crippen molar-refractivity contribution in [2.75, 3.05) is 0 Å². The second kappa shape index (κ2) is 4.07. The highest BCUT2D eigenvalue weighted by Crippen LogP contribution is 2.28. The Kier molecular flexibility index (Phi) is 2.76. The Bertz CT molecular complexity index is 576. The van der Waals surface area contributed by atoms with E-state index in [1.807, 2.05) is 6.92 Å². The van der Waals surface area contributed by atoms with E-state index in [1.54, 1.807) is 0 Å². The quantitative estimate of drug-likeness (QED) is 0.747. The molecule has 0 N–H and O–H groups in total. The number of aryl methyl sites for hydroxylation is 3. The zero-order valence-electron chi connectivity index (χ0n) is 9.53. The molecule has 0 atom stereocenters. The Labute approximate surface area is 99.2 Å². The third-order valence-electron chi connectivity index (χ3n) is 2.65. The predicted octanol–water partition coefficient (Wildman–Crippen LogP) is 3.61. The molecule has 1 heterocycles. The molecule has 3 heteroatoms. The van der Waals surface area contributed by atoms with Crippen molar-refractivity contribution in [1.82, 2.24) is 4.98 Å². The second-order valence-corrected chi connectivity index (χ2v) is 4.84. The maximum atomic E-state index is 8.90. The van der Waals surface area contributed by atoms with Crippen LogP contribution in [0.4, 0.5) is 0 Å². The average molecular weight is 228 g/mol. The van der Waals surface area contributed by atoms with Gasteiger partial charge in [0.2, 0.25) is 0 Å². The molecule has 0 amide bonds. The van der Waals surface area contributed by atoms with Crippen LogP contribution in [0.15, 0.2) is 18.2 Å². The molecule has 0 aliphatic carbocycles. The van der Waals surface area contributed by atoms with Gasteiger partial charge in [-0.15, -0.1) is 11.3 Å². The van der Waals surface area contributed by atoms with Crippen LogP contribution in [-0.4, -0.2) is 4.98 Å². The summed E-state index contributed by atoms with van der Waals surface area (Å²) in [5.41, 5.74) is 4.44. The molecule has 0 saturated heterocycles. The van der Waals surface area contributed by atoms with E-state index in [4.69, 9.17) is 5.26 Å². The van der Waals surface area contributed by atoms with E-state index in [2.05, 4.69) is 43.1 Å². The molecule has 1 aromatic heterocycles. The summed E-state index contributed by atoms with van der Waals surface area (Å²) in [5.74, 6) is 0. The Morgan fingerprint density at radius 2 is 1.94 bits per heavy atom. The van der Waals surface area contributed by atoms with Gasteiger partial charge in [-0.25, -0.2) is 4.98 Å². The molecular weight excluding hydrogens is 216 g/mol. The molecule has 16 heavy (non-hydrogen) atoms. The number of benzene rings is 1. The first kappa shape index (κ1) is 10.8. The van der Waals surface area contributed by atoms with Gasteiger partial charge in [-0.2, -0.15) is 5.26 Å². The summed E-state index contributed by atoms with van der Waals surface area (Å²) < 4.78 is 0. The first-order chi connectivity index (χ1) is 7.61. The van der Waals surface area contributed by atoms with E-state index in [0.717, 1.165) is 16.3 Å². The average Bonchev–Trinajstić information content (AvgIpc) is 2.64. The van der Waals surface area contributed by atoms with E-state index in [0.29, 0.717) is 4.88 Å². The number of nitrogens with zero attached hydrogens (tertiary/aromatic N) is 2. The summed E-state index contributed by atoms with van der Waals surface area (Å²) in [4.78, 5) is 5.12. The molecule has 0 unspecified atom stereocenters. The third kappa shape index (κ3) is 1.84. The molecule has 2 rings (SSSR count). The minimum Gasteiger partial charge on any atom is -0.240 e. The standard InChI is InChI=1S/C13H12N2S/c1-8-4-5-11(6-9(8)2)13-15-10(3)12(7-14)16-13/h4-6H,1-3H3. The van der Waals surface area contributed by atoms with Gasteiger partial charge in [-0.3, -0.25) is 0 Å². The van der Waals surface area contributed by atoms with Gasteiger partial charge in [0.1, 0.15) is 16.0 Å². The van der Waals surface area contributed by atoms with Crippen LogP contribution < -0.4 is 0 Å². The van der Waals surface area contributed by atoms with Gasteiger partial charge < -0.3 is 0 Å². The largest absolute Gasteiger partial charge is 0.240 e. The molecule has 0 fully saturated rings. The summed E-state index contributed by atoms with van der Waals surface area (Å²) in [6.07, 6.45) is 0. The maximum Gasteiger partial charge on any atom is 0.128 e. The topological polar surface area (TPSA) is 36.7 Å². The van der Waals surface area contributed by atoms with Gasteiger partial charge in [0, 0.05) is 5.56 Å². The van der Waals surface area contributed by atoms with Crippen molar-refractivity contribution in [3.63, 3.8) is 0 Å². The number of hydrogen-bond donors (Lipinski definition) is 0. The number of aromatic nitrogens is 1.